The van der Waals surface area contributed by atoms with Crippen molar-refractivity contribution in [2.75, 3.05) is 0 Å². The number of carbonyl (C=O) groups is 2. The summed E-state index contributed by atoms with van der Waals surface area (Å²) in [5.41, 5.74) is 1.04. The summed E-state index contributed by atoms with van der Waals surface area (Å²) in [7, 11) is 0. The Balaban J connectivity index is 2.70. The molecule has 0 radical (unpaired) electrons. The second-order valence-electron chi connectivity index (χ2n) is 3.31. The van der Waals surface area contributed by atoms with Crippen LogP contribution in [0.2, 0.25) is 0 Å². The van der Waals surface area contributed by atoms with E-state index in [1.165, 1.54) is 6.07 Å². The number of hydrogen-bond donors (Lipinski definition) is 2. The number of rotatable bonds is 5. The maximum Gasteiger partial charge on any atom is 0.352 e. The first kappa shape index (κ1) is 11.3. The van der Waals surface area contributed by atoms with Gasteiger partial charge in [-0.05, 0) is 25.5 Å². The Morgan fingerprint density at radius 2 is 2.00 bits per heavy atom. The van der Waals surface area contributed by atoms with E-state index >= 15 is 0 Å². The van der Waals surface area contributed by atoms with Gasteiger partial charge in [0.05, 0.1) is 0 Å². The molecule has 0 amide bonds. The first-order valence-electron chi connectivity index (χ1n) is 4.63. The Morgan fingerprint density at radius 1 is 1.33 bits per heavy atom. The third-order valence-electron chi connectivity index (χ3n) is 2.19. The quantitative estimate of drug-likeness (QED) is 0.770. The van der Waals surface area contributed by atoms with Crippen LogP contribution < -0.4 is 0 Å². The van der Waals surface area contributed by atoms with Gasteiger partial charge in [-0.25, -0.2) is 4.79 Å². The lowest BCUT2D eigenvalue weighted by Gasteiger charge is -2.07. The maximum absolute atomic E-state index is 10.8. The van der Waals surface area contributed by atoms with Crippen LogP contribution in [-0.2, 0) is 11.3 Å². The van der Waals surface area contributed by atoms with E-state index in [0.717, 1.165) is 5.69 Å². The highest BCUT2D eigenvalue weighted by Crippen LogP contribution is 2.10. The second-order valence-corrected chi connectivity index (χ2v) is 3.31. The van der Waals surface area contributed by atoms with Crippen LogP contribution in [0.25, 0.3) is 0 Å². The third-order valence-corrected chi connectivity index (χ3v) is 2.19. The lowest BCUT2D eigenvalue weighted by atomic mass is 10.3. The highest BCUT2D eigenvalue weighted by molar-refractivity contribution is 5.86. The highest BCUT2D eigenvalue weighted by Gasteiger charge is 2.11. The Hall–Kier alpha value is -1.78. The van der Waals surface area contributed by atoms with Crippen LogP contribution in [0.15, 0.2) is 12.1 Å². The van der Waals surface area contributed by atoms with Gasteiger partial charge in [0, 0.05) is 18.7 Å². The zero-order chi connectivity index (χ0) is 11.4. The van der Waals surface area contributed by atoms with Gasteiger partial charge in [-0.3, -0.25) is 4.79 Å². The van der Waals surface area contributed by atoms with Crippen LogP contribution in [0.5, 0.6) is 0 Å². The van der Waals surface area contributed by atoms with Crippen LogP contribution >= 0.6 is 0 Å². The largest absolute Gasteiger partial charge is 0.481 e. The summed E-state index contributed by atoms with van der Waals surface area (Å²) in [5.74, 6) is -1.85. The molecule has 0 bridgehead atoms. The number of carboxylic acids is 2. The molecule has 0 saturated heterocycles. The normalized spacial score (nSPS) is 10.2. The van der Waals surface area contributed by atoms with Crippen LogP contribution in [0.1, 0.15) is 29.0 Å². The maximum atomic E-state index is 10.8. The molecule has 15 heavy (non-hydrogen) atoms. The molecule has 1 heterocycles. The fourth-order valence-corrected chi connectivity index (χ4v) is 1.44. The van der Waals surface area contributed by atoms with Gasteiger partial charge in [0.1, 0.15) is 5.69 Å². The molecule has 0 atom stereocenters. The highest BCUT2D eigenvalue weighted by atomic mass is 16.4. The number of aromatic nitrogens is 1. The smallest absolute Gasteiger partial charge is 0.352 e. The van der Waals surface area contributed by atoms with E-state index in [1.54, 1.807) is 17.6 Å². The van der Waals surface area contributed by atoms with E-state index in [-0.39, 0.29) is 12.1 Å². The minimum Gasteiger partial charge on any atom is -0.481 e. The van der Waals surface area contributed by atoms with Crippen LogP contribution in [0, 0.1) is 6.92 Å². The number of aliphatic carboxylic acids is 1. The zero-order valence-corrected chi connectivity index (χ0v) is 8.43. The van der Waals surface area contributed by atoms with Gasteiger partial charge in [-0.2, -0.15) is 0 Å². The number of aryl methyl sites for hydroxylation is 1. The molecule has 0 spiro atoms. The summed E-state index contributed by atoms with van der Waals surface area (Å²) in [6.07, 6.45) is 0.488. The number of carboxylic acid groups (broad SMARTS) is 2. The summed E-state index contributed by atoms with van der Waals surface area (Å²) in [6.45, 7) is 2.22. The first-order valence-corrected chi connectivity index (χ1v) is 4.63. The van der Waals surface area contributed by atoms with Crippen LogP contribution in [-0.4, -0.2) is 26.7 Å². The topological polar surface area (TPSA) is 79.5 Å². The number of aromatic carboxylic acids is 1. The number of hydrogen-bond acceptors (Lipinski definition) is 2. The first-order chi connectivity index (χ1) is 7.02. The second kappa shape index (κ2) is 4.63. The van der Waals surface area contributed by atoms with Gasteiger partial charge in [-0.15, -0.1) is 0 Å². The predicted octanol–water partition coefficient (Wildman–Crippen LogP) is 1.36. The van der Waals surface area contributed by atoms with Crippen LogP contribution in [0.3, 0.4) is 0 Å². The standard InChI is InChI=1S/C10H13NO4/c1-7-4-5-8(10(14)15)11(7)6-2-3-9(12)13/h4-5H,2-3,6H2,1H3,(H,12,13)(H,14,15). The van der Waals surface area contributed by atoms with Crippen molar-refractivity contribution in [3.8, 4) is 0 Å². The molecule has 2 N–H and O–H groups in total. The van der Waals surface area contributed by atoms with Gasteiger partial charge in [0.15, 0.2) is 0 Å². The summed E-state index contributed by atoms with van der Waals surface area (Å²) < 4.78 is 1.62. The molecule has 5 nitrogen and oxygen atoms in total. The van der Waals surface area contributed by atoms with Crippen molar-refractivity contribution < 1.29 is 19.8 Å². The fourth-order valence-electron chi connectivity index (χ4n) is 1.44. The molecule has 0 saturated carbocycles. The third kappa shape index (κ3) is 2.83. The van der Waals surface area contributed by atoms with Crippen molar-refractivity contribution in [1.29, 1.82) is 0 Å². The van der Waals surface area contributed by atoms with Gasteiger partial charge in [0.2, 0.25) is 0 Å². The molecule has 0 aromatic carbocycles. The Labute approximate surface area is 87.0 Å². The lowest BCUT2D eigenvalue weighted by molar-refractivity contribution is -0.137. The van der Waals surface area contributed by atoms with Gasteiger partial charge < -0.3 is 14.8 Å². The fraction of sp³-hybridized carbons (Fsp3) is 0.400. The Kier molecular flexibility index (Phi) is 3.49. The minimum atomic E-state index is -0.988. The van der Waals surface area contributed by atoms with E-state index in [0.29, 0.717) is 13.0 Å². The SMILES string of the molecule is Cc1ccc(C(=O)O)n1CCCC(=O)O. The van der Waals surface area contributed by atoms with Gasteiger partial charge >= 0.3 is 11.9 Å². The Bertz CT molecular complexity index is 381. The molecule has 1 rings (SSSR count). The van der Waals surface area contributed by atoms with Crippen molar-refractivity contribution in [3.05, 3.63) is 23.5 Å². The van der Waals surface area contributed by atoms with Crippen molar-refractivity contribution in [2.24, 2.45) is 0 Å². The van der Waals surface area contributed by atoms with Crippen molar-refractivity contribution in [3.63, 3.8) is 0 Å². The molecule has 0 unspecified atom stereocenters. The average molecular weight is 211 g/mol. The molecule has 0 fully saturated rings. The average Bonchev–Trinajstić information content (AvgIpc) is 2.47. The molecule has 1 aromatic heterocycles. The molecule has 0 aliphatic heterocycles. The molecule has 1 aromatic rings. The monoisotopic (exact) mass is 211 g/mol. The van der Waals surface area contributed by atoms with E-state index in [4.69, 9.17) is 10.2 Å². The van der Waals surface area contributed by atoms with Crippen LogP contribution in [0.4, 0.5) is 0 Å². The van der Waals surface area contributed by atoms with E-state index in [2.05, 4.69) is 0 Å². The molecule has 82 valence electrons. The molecule has 0 aliphatic carbocycles. The van der Waals surface area contributed by atoms with Crippen molar-refractivity contribution in [2.45, 2.75) is 26.3 Å². The Morgan fingerprint density at radius 3 is 2.53 bits per heavy atom. The summed E-state index contributed by atoms with van der Waals surface area (Å²) >= 11 is 0. The molecular formula is C10H13NO4. The lowest BCUT2D eigenvalue weighted by Crippen LogP contribution is -2.11. The van der Waals surface area contributed by atoms with E-state index < -0.39 is 11.9 Å². The van der Waals surface area contributed by atoms with Gasteiger partial charge in [0.25, 0.3) is 0 Å². The summed E-state index contributed by atoms with van der Waals surface area (Å²) in [5, 5.41) is 17.3. The van der Waals surface area contributed by atoms with Crippen molar-refractivity contribution >= 4 is 11.9 Å². The van der Waals surface area contributed by atoms with E-state index in [9.17, 15) is 9.59 Å². The molecule has 5 heteroatoms. The predicted molar refractivity (Wildman–Crippen MR) is 53.0 cm³/mol. The minimum absolute atomic E-state index is 0.0523. The molecule has 0 aliphatic rings. The molecular weight excluding hydrogens is 198 g/mol. The summed E-state index contributed by atoms with van der Waals surface area (Å²) in [6, 6.07) is 3.24. The van der Waals surface area contributed by atoms with Gasteiger partial charge in [-0.1, -0.05) is 0 Å². The van der Waals surface area contributed by atoms with Crippen molar-refractivity contribution in [1.82, 2.24) is 4.57 Å². The van der Waals surface area contributed by atoms with E-state index in [1.807, 2.05) is 0 Å². The zero-order valence-electron chi connectivity index (χ0n) is 8.43. The number of nitrogens with zero attached hydrogens (tertiary/aromatic N) is 1. The summed E-state index contributed by atoms with van der Waals surface area (Å²) in [4.78, 5) is 21.1.